The molecule has 0 radical (unpaired) electrons. The van der Waals surface area contributed by atoms with Crippen molar-refractivity contribution >= 4 is 52.2 Å². The summed E-state index contributed by atoms with van der Waals surface area (Å²) in [6, 6.07) is 16.6. The van der Waals surface area contributed by atoms with Crippen LogP contribution in [0.4, 0.5) is 10.1 Å². The lowest BCUT2D eigenvalue weighted by Crippen LogP contribution is -2.44. The maximum absolute atomic E-state index is 13.7. The Morgan fingerprint density at radius 3 is 2.40 bits per heavy atom. The normalized spacial score (nSPS) is 11.7. The van der Waals surface area contributed by atoms with Crippen molar-refractivity contribution in [3.8, 4) is 0 Å². The van der Waals surface area contributed by atoms with E-state index in [9.17, 15) is 14.0 Å². The van der Waals surface area contributed by atoms with E-state index in [-0.39, 0.29) is 28.8 Å². The van der Waals surface area contributed by atoms with Crippen molar-refractivity contribution in [2.75, 3.05) is 4.90 Å². The lowest BCUT2D eigenvalue weighted by Gasteiger charge is -2.31. The Bertz CT molecular complexity index is 1330. The number of amides is 2. The van der Waals surface area contributed by atoms with E-state index >= 15 is 0 Å². The second-order valence-electron chi connectivity index (χ2n) is 7.72. The maximum Gasteiger partial charge on any atom is 0.280 e. The molecule has 178 valence electrons. The van der Waals surface area contributed by atoms with Crippen LogP contribution in [0.15, 0.2) is 72.1 Å². The van der Waals surface area contributed by atoms with Gasteiger partial charge < -0.3 is 5.32 Å². The summed E-state index contributed by atoms with van der Waals surface area (Å²) in [6.07, 6.45) is 0. The minimum atomic E-state index is -1.09. The monoisotopic (exact) mass is 528 g/mol. The summed E-state index contributed by atoms with van der Waals surface area (Å²) in [5.41, 5.74) is 2.62. The molecule has 0 bridgehead atoms. The molecule has 1 N–H and O–H groups in total. The number of nitrogens with zero attached hydrogens (tertiary/aromatic N) is 3. The summed E-state index contributed by atoms with van der Waals surface area (Å²) in [6.45, 7) is 2.06. The van der Waals surface area contributed by atoms with E-state index in [4.69, 9.17) is 23.2 Å². The van der Waals surface area contributed by atoms with Gasteiger partial charge in [0.25, 0.3) is 5.91 Å². The lowest BCUT2D eigenvalue weighted by molar-refractivity contribution is -0.122. The average molecular weight is 529 g/mol. The largest absolute Gasteiger partial charge is 0.350 e. The second-order valence-corrected chi connectivity index (χ2v) is 9.17. The van der Waals surface area contributed by atoms with Crippen molar-refractivity contribution in [1.82, 2.24) is 14.9 Å². The molecule has 10 heteroatoms. The number of halogens is 3. The van der Waals surface area contributed by atoms with Gasteiger partial charge in [-0.3, -0.25) is 14.5 Å². The van der Waals surface area contributed by atoms with Gasteiger partial charge in [-0.25, -0.2) is 4.39 Å². The third-order valence-electron chi connectivity index (χ3n) is 5.25. The number of nitrogens with one attached hydrogen (secondary N) is 1. The Morgan fingerprint density at radius 2 is 1.77 bits per heavy atom. The van der Waals surface area contributed by atoms with E-state index in [1.807, 2.05) is 19.1 Å². The number of aromatic nitrogens is 2. The van der Waals surface area contributed by atoms with Gasteiger partial charge in [0.2, 0.25) is 5.91 Å². The van der Waals surface area contributed by atoms with E-state index < -0.39 is 17.9 Å². The highest BCUT2D eigenvalue weighted by atomic mass is 35.5. The van der Waals surface area contributed by atoms with E-state index in [1.165, 1.54) is 28.5 Å². The molecule has 0 aliphatic heterocycles. The molecular formula is C25H19Cl2FN4O2S. The highest BCUT2D eigenvalue weighted by Crippen LogP contribution is 2.36. The molecule has 1 heterocycles. The molecule has 0 aliphatic carbocycles. The van der Waals surface area contributed by atoms with Crippen LogP contribution in [0.3, 0.4) is 0 Å². The summed E-state index contributed by atoms with van der Waals surface area (Å²) < 4.78 is 17.1. The number of aryl methyl sites for hydroxylation is 1. The van der Waals surface area contributed by atoms with Gasteiger partial charge in [-0.1, -0.05) is 69.7 Å². The Balaban J connectivity index is 1.78. The molecule has 2 amide bonds. The van der Waals surface area contributed by atoms with Gasteiger partial charge in [0, 0.05) is 16.9 Å². The smallest absolute Gasteiger partial charge is 0.280 e. The minimum Gasteiger partial charge on any atom is -0.350 e. The number of anilines is 1. The van der Waals surface area contributed by atoms with Gasteiger partial charge in [0.15, 0.2) is 5.69 Å². The zero-order valence-corrected chi connectivity index (χ0v) is 20.7. The molecule has 0 spiro atoms. The van der Waals surface area contributed by atoms with E-state index in [0.29, 0.717) is 16.1 Å². The highest BCUT2D eigenvalue weighted by molar-refractivity contribution is 7.03. The number of carbonyl (C=O) groups excluding carboxylic acids is 2. The van der Waals surface area contributed by atoms with E-state index in [0.717, 1.165) is 17.1 Å². The van der Waals surface area contributed by atoms with Crippen LogP contribution < -0.4 is 10.2 Å². The molecular weight excluding hydrogens is 510 g/mol. The fourth-order valence-electron chi connectivity index (χ4n) is 3.48. The Kier molecular flexibility index (Phi) is 7.75. The van der Waals surface area contributed by atoms with Gasteiger partial charge in [0.1, 0.15) is 11.9 Å². The lowest BCUT2D eigenvalue weighted by atomic mass is 10.0. The number of benzene rings is 3. The van der Waals surface area contributed by atoms with Crippen LogP contribution in [0, 0.1) is 12.7 Å². The van der Waals surface area contributed by atoms with Crippen LogP contribution >= 0.6 is 34.7 Å². The first kappa shape index (κ1) is 24.8. The summed E-state index contributed by atoms with van der Waals surface area (Å²) in [5, 5.41) is 8.83. The summed E-state index contributed by atoms with van der Waals surface area (Å²) in [7, 11) is 0. The molecule has 0 saturated heterocycles. The number of hydrogen-bond donors (Lipinski definition) is 1. The molecule has 0 saturated carbocycles. The van der Waals surface area contributed by atoms with Gasteiger partial charge in [-0.15, -0.1) is 5.10 Å². The molecule has 1 aromatic heterocycles. The SMILES string of the molecule is Cc1ccc([C@H](C(=O)NCc2ccc(F)cc2)N(C(=O)c2csnn2)c2ccc(Cl)cc2Cl)cc1. The van der Waals surface area contributed by atoms with Gasteiger partial charge in [-0.05, 0) is 59.9 Å². The molecule has 0 aliphatic rings. The van der Waals surface area contributed by atoms with Crippen molar-refractivity contribution in [2.24, 2.45) is 0 Å². The summed E-state index contributed by atoms with van der Waals surface area (Å²) in [5.74, 6) is -1.38. The first-order chi connectivity index (χ1) is 16.8. The third kappa shape index (κ3) is 5.85. The Morgan fingerprint density at radius 1 is 1.06 bits per heavy atom. The predicted octanol–water partition coefficient (Wildman–Crippen LogP) is 6.00. The van der Waals surface area contributed by atoms with E-state index in [2.05, 4.69) is 14.9 Å². The van der Waals surface area contributed by atoms with Crippen LogP contribution in [0.25, 0.3) is 0 Å². The zero-order valence-electron chi connectivity index (χ0n) is 18.4. The Labute approximate surface area is 215 Å². The molecule has 0 fully saturated rings. The van der Waals surface area contributed by atoms with Crippen molar-refractivity contribution in [3.05, 3.63) is 110 Å². The Hall–Kier alpha value is -3.33. The molecule has 0 unspecified atom stereocenters. The zero-order chi connectivity index (χ0) is 24.9. The molecule has 1 atom stereocenters. The average Bonchev–Trinajstić information content (AvgIpc) is 3.38. The summed E-state index contributed by atoms with van der Waals surface area (Å²) >= 11 is 13.6. The van der Waals surface area contributed by atoms with Crippen LogP contribution in [0.2, 0.25) is 10.0 Å². The number of carbonyl (C=O) groups is 2. The van der Waals surface area contributed by atoms with Crippen molar-refractivity contribution < 1.29 is 14.0 Å². The van der Waals surface area contributed by atoms with Gasteiger partial charge in [-0.2, -0.15) is 0 Å². The molecule has 4 aromatic rings. The van der Waals surface area contributed by atoms with Gasteiger partial charge in [0.05, 0.1) is 10.7 Å². The highest BCUT2D eigenvalue weighted by Gasteiger charge is 2.35. The minimum absolute atomic E-state index is 0.0736. The fourth-order valence-corrected chi connectivity index (χ4v) is 4.41. The number of hydrogen-bond acceptors (Lipinski definition) is 5. The van der Waals surface area contributed by atoms with Crippen LogP contribution in [0.1, 0.15) is 33.2 Å². The molecule has 35 heavy (non-hydrogen) atoms. The van der Waals surface area contributed by atoms with E-state index in [1.54, 1.807) is 36.4 Å². The van der Waals surface area contributed by atoms with Crippen molar-refractivity contribution in [3.63, 3.8) is 0 Å². The first-order valence-electron chi connectivity index (χ1n) is 10.5. The predicted molar refractivity (Wildman–Crippen MR) is 135 cm³/mol. The molecule has 4 rings (SSSR count). The van der Waals surface area contributed by atoms with Crippen LogP contribution in [-0.2, 0) is 11.3 Å². The van der Waals surface area contributed by atoms with Crippen molar-refractivity contribution in [2.45, 2.75) is 19.5 Å². The summed E-state index contributed by atoms with van der Waals surface area (Å²) in [4.78, 5) is 28.6. The second kappa shape index (κ2) is 10.9. The molecule has 3 aromatic carbocycles. The first-order valence-corrected chi connectivity index (χ1v) is 12.1. The van der Waals surface area contributed by atoms with Gasteiger partial charge >= 0.3 is 0 Å². The third-order valence-corrected chi connectivity index (χ3v) is 6.29. The standard InChI is InChI=1S/C25H19Cl2FN4O2S/c1-15-2-6-17(7-3-15)23(24(33)29-13-16-4-9-19(28)10-5-16)32(25(34)21-14-35-31-30-21)22-11-8-18(26)12-20(22)27/h2-12,14,23H,13H2,1H3,(H,29,33)/t23-/m1/s1. The van der Waals surface area contributed by atoms with Crippen molar-refractivity contribution in [1.29, 1.82) is 0 Å². The fraction of sp³-hybridized carbons (Fsp3) is 0.120. The maximum atomic E-state index is 13.7. The number of rotatable bonds is 7. The molecule has 6 nitrogen and oxygen atoms in total. The topological polar surface area (TPSA) is 75.2 Å². The van der Waals surface area contributed by atoms with Crippen LogP contribution in [0.5, 0.6) is 0 Å². The van der Waals surface area contributed by atoms with Crippen LogP contribution in [-0.4, -0.2) is 21.4 Å². The quantitative estimate of drug-likeness (QED) is 0.319.